The summed E-state index contributed by atoms with van der Waals surface area (Å²) in [5, 5.41) is 4.54. The van der Waals surface area contributed by atoms with Crippen molar-refractivity contribution in [2.75, 3.05) is 6.54 Å². The number of nitrogens with one attached hydrogen (secondary N) is 1. The molecule has 1 fully saturated rings. The Labute approximate surface area is 135 Å². The van der Waals surface area contributed by atoms with E-state index in [9.17, 15) is 0 Å². The van der Waals surface area contributed by atoms with Gasteiger partial charge in [-0.2, -0.15) is 0 Å². The molecular formula is C19H30ClN. The van der Waals surface area contributed by atoms with Gasteiger partial charge in [-0.25, -0.2) is 0 Å². The van der Waals surface area contributed by atoms with Crippen LogP contribution in [0.2, 0.25) is 5.02 Å². The molecule has 1 aromatic rings. The summed E-state index contributed by atoms with van der Waals surface area (Å²) in [6, 6.07) is 7.22. The fraction of sp³-hybridized carbons (Fsp3) is 0.684. The number of aryl methyl sites for hydroxylation is 1. The Morgan fingerprint density at radius 3 is 2.67 bits per heavy atom. The molecule has 0 aromatic heterocycles. The van der Waals surface area contributed by atoms with Crippen LogP contribution in [0, 0.1) is 18.3 Å². The molecule has 0 heterocycles. The van der Waals surface area contributed by atoms with Gasteiger partial charge in [0.25, 0.3) is 0 Å². The summed E-state index contributed by atoms with van der Waals surface area (Å²) in [4.78, 5) is 0. The highest BCUT2D eigenvalue weighted by Gasteiger charge is 2.35. The summed E-state index contributed by atoms with van der Waals surface area (Å²) in [6.07, 6.45) is 3.90. The van der Waals surface area contributed by atoms with E-state index in [1.165, 1.54) is 30.4 Å². The van der Waals surface area contributed by atoms with E-state index < -0.39 is 0 Å². The molecule has 0 aliphatic heterocycles. The highest BCUT2D eigenvalue weighted by atomic mass is 35.5. The monoisotopic (exact) mass is 307 g/mol. The van der Waals surface area contributed by atoms with Crippen LogP contribution in [0.3, 0.4) is 0 Å². The van der Waals surface area contributed by atoms with Gasteiger partial charge < -0.3 is 5.32 Å². The zero-order valence-electron chi connectivity index (χ0n) is 14.2. The van der Waals surface area contributed by atoms with Crippen molar-refractivity contribution in [3.8, 4) is 0 Å². The average molecular weight is 308 g/mol. The lowest BCUT2D eigenvalue weighted by molar-refractivity contribution is 0.158. The first-order chi connectivity index (χ1) is 9.78. The van der Waals surface area contributed by atoms with E-state index in [1.54, 1.807) is 0 Å². The van der Waals surface area contributed by atoms with Gasteiger partial charge in [0.15, 0.2) is 0 Å². The fourth-order valence-electron chi connectivity index (χ4n) is 3.50. The third kappa shape index (κ3) is 4.47. The number of halogens is 1. The van der Waals surface area contributed by atoms with Crippen molar-refractivity contribution in [1.29, 1.82) is 0 Å². The lowest BCUT2D eigenvalue weighted by Gasteiger charge is -2.41. The van der Waals surface area contributed by atoms with Crippen molar-refractivity contribution in [2.45, 2.75) is 65.8 Å². The molecule has 1 nitrogen and oxygen atoms in total. The van der Waals surface area contributed by atoms with Crippen LogP contribution in [-0.4, -0.2) is 12.6 Å². The molecule has 1 aliphatic carbocycles. The molecule has 1 aromatic carbocycles. The van der Waals surface area contributed by atoms with Crippen molar-refractivity contribution in [2.24, 2.45) is 11.3 Å². The molecule has 1 N–H and O–H groups in total. The van der Waals surface area contributed by atoms with Gasteiger partial charge in [0, 0.05) is 11.1 Å². The molecule has 0 saturated heterocycles. The molecule has 2 heteroatoms. The van der Waals surface area contributed by atoms with Crippen molar-refractivity contribution in [3.05, 3.63) is 34.3 Å². The topological polar surface area (TPSA) is 12.0 Å². The second kappa shape index (κ2) is 6.71. The van der Waals surface area contributed by atoms with Crippen LogP contribution in [0.15, 0.2) is 18.2 Å². The minimum absolute atomic E-state index is 0.441. The Morgan fingerprint density at radius 2 is 2.05 bits per heavy atom. The second-order valence-electron chi connectivity index (χ2n) is 7.85. The van der Waals surface area contributed by atoms with E-state index in [1.807, 2.05) is 0 Å². The standard InChI is InChI=1S/C19H30ClN/c1-13(2)21-12-16-8-9-19(4,5)11-17(16)15-7-6-14(3)18(20)10-15/h6-7,10,13,16-17,21H,8-9,11-12H2,1-5H3. The van der Waals surface area contributed by atoms with Gasteiger partial charge in [0.1, 0.15) is 0 Å². The van der Waals surface area contributed by atoms with Crippen molar-refractivity contribution < 1.29 is 0 Å². The highest BCUT2D eigenvalue weighted by Crippen LogP contribution is 2.47. The third-order valence-corrected chi connectivity index (χ3v) is 5.35. The molecule has 1 saturated carbocycles. The Bertz CT molecular complexity index is 476. The predicted octanol–water partition coefficient (Wildman–Crippen LogP) is 5.56. The zero-order valence-corrected chi connectivity index (χ0v) is 14.9. The van der Waals surface area contributed by atoms with Gasteiger partial charge in [-0.1, -0.05) is 51.4 Å². The lowest BCUT2D eigenvalue weighted by Crippen LogP contribution is -2.37. The Morgan fingerprint density at radius 1 is 1.33 bits per heavy atom. The van der Waals surface area contributed by atoms with Crippen molar-refractivity contribution in [3.63, 3.8) is 0 Å². The van der Waals surface area contributed by atoms with Crippen molar-refractivity contribution >= 4 is 11.6 Å². The van der Waals surface area contributed by atoms with E-state index in [0.717, 1.165) is 17.5 Å². The van der Waals surface area contributed by atoms with E-state index in [0.29, 0.717) is 17.4 Å². The fourth-order valence-corrected chi connectivity index (χ4v) is 3.69. The van der Waals surface area contributed by atoms with Crippen LogP contribution in [0.1, 0.15) is 64.0 Å². The molecule has 2 atom stereocenters. The Kier molecular flexibility index (Phi) is 5.38. The van der Waals surface area contributed by atoms with Crippen LogP contribution in [0.25, 0.3) is 0 Å². The summed E-state index contributed by atoms with van der Waals surface area (Å²) >= 11 is 6.36. The molecule has 2 unspecified atom stereocenters. The van der Waals surface area contributed by atoms with E-state index >= 15 is 0 Å². The highest BCUT2D eigenvalue weighted by molar-refractivity contribution is 6.31. The maximum Gasteiger partial charge on any atom is 0.0438 e. The van der Waals surface area contributed by atoms with Gasteiger partial charge in [-0.05, 0) is 67.2 Å². The summed E-state index contributed by atoms with van der Waals surface area (Å²) in [6.45, 7) is 12.5. The maximum absolute atomic E-state index is 6.36. The third-order valence-electron chi connectivity index (χ3n) is 4.95. The first kappa shape index (κ1) is 16.8. The van der Waals surface area contributed by atoms with Gasteiger partial charge in [0.2, 0.25) is 0 Å². The lowest BCUT2D eigenvalue weighted by atomic mass is 9.65. The molecule has 118 valence electrons. The van der Waals surface area contributed by atoms with Crippen LogP contribution in [-0.2, 0) is 0 Å². The first-order valence-electron chi connectivity index (χ1n) is 8.28. The van der Waals surface area contributed by atoms with Crippen LogP contribution >= 0.6 is 11.6 Å². The second-order valence-corrected chi connectivity index (χ2v) is 8.25. The largest absolute Gasteiger partial charge is 0.314 e. The summed E-state index contributed by atoms with van der Waals surface area (Å²) in [5.74, 6) is 1.34. The predicted molar refractivity (Wildman–Crippen MR) is 93.2 cm³/mol. The molecule has 21 heavy (non-hydrogen) atoms. The molecule has 1 aliphatic rings. The molecule has 0 amide bonds. The van der Waals surface area contributed by atoms with Crippen LogP contribution < -0.4 is 5.32 Å². The molecule has 2 rings (SSSR count). The average Bonchev–Trinajstić information content (AvgIpc) is 2.39. The van der Waals surface area contributed by atoms with Gasteiger partial charge in [-0.3, -0.25) is 0 Å². The minimum Gasteiger partial charge on any atom is -0.314 e. The summed E-state index contributed by atoms with van der Waals surface area (Å²) < 4.78 is 0. The number of hydrogen-bond donors (Lipinski definition) is 1. The maximum atomic E-state index is 6.36. The molecule has 0 radical (unpaired) electrons. The van der Waals surface area contributed by atoms with E-state index in [2.05, 4.69) is 58.1 Å². The molecule has 0 bridgehead atoms. The minimum atomic E-state index is 0.441. The Hall–Kier alpha value is -0.530. The number of hydrogen-bond acceptors (Lipinski definition) is 1. The zero-order chi connectivity index (χ0) is 15.6. The first-order valence-corrected chi connectivity index (χ1v) is 8.66. The van der Waals surface area contributed by atoms with E-state index in [-0.39, 0.29) is 0 Å². The van der Waals surface area contributed by atoms with E-state index in [4.69, 9.17) is 11.6 Å². The van der Waals surface area contributed by atoms with Crippen LogP contribution in [0.5, 0.6) is 0 Å². The quantitative estimate of drug-likeness (QED) is 0.768. The smallest absolute Gasteiger partial charge is 0.0438 e. The molecule has 0 spiro atoms. The SMILES string of the molecule is Cc1ccc(C2CC(C)(C)CCC2CNC(C)C)cc1Cl. The summed E-state index contributed by atoms with van der Waals surface area (Å²) in [7, 11) is 0. The summed E-state index contributed by atoms with van der Waals surface area (Å²) in [5.41, 5.74) is 3.04. The van der Waals surface area contributed by atoms with Crippen LogP contribution in [0.4, 0.5) is 0 Å². The van der Waals surface area contributed by atoms with Gasteiger partial charge in [-0.15, -0.1) is 0 Å². The number of rotatable bonds is 4. The van der Waals surface area contributed by atoms with Gasteiger partial charge in [0.05, 0.1) is 0 Å². The van der Waals surface area contributed by atoms with Gasteiger partial charge >= 0.3 is 0 Å². The molecular weight excluding hydrogens is 278 g/mol. The normalized spacial score (nSPS) is 25.3. The Balaban J connectivity index is 2.21. The number of benzene rings is 1. The van der Waals surface area contributed by atoms with Crippen molar-refractivity contribution in [1.82, 2.24) is 5.32 Å².